The van der Waals surface area contributed by atoms with E-state index in [1.807, 2.05) is 0 Å². The molecule has 6 nitrogen and oxygen atoms in total. The van der Waals surface area contributed by atoms with Gasteiger partial charge in [0.2, 0.25) is 0 Å². The SMILES string of the molecule is COc1ccc(NC(=O)COC(=O)c2ccc(SC(F)(F)F)cc2)cc1OC. The standard InChI is InChI=1S/C18H16F3NO5S/c1-25-14-8-5-12(9-15(14)26-2)22-16(23)10-27-17(24)11-3-6-13(7-4-11)28-18(19,20)21/h3-9H,10H2,1-2H3,(H,22,23). The molecule has 0 saturated heterocycles. The average molecular weight is 415 g/mol. The van der Waals surface area contributed by atoms with Crippen LogP contribution in [0, 0.1) is 0 Å². The minimum atomic E-state index is -4.41. The third-order valence-corrected chi connectivity index (χ3v) is 4.06. The summed E-state index contributed by atoms with van der Waals surface area (Å²) < 4.78 is 52.0. The van der Waals surface area contributed by atoms with E-state index in [-0.39, 0.29) is 22.2 Å². The number of halogens is 3. The zero-order valence-corrected chi connectivity index (χ0v) is 15.6. The largest absolute Gasteiger partial charge is 0.493 e. The van der Waals surface area contributed by atoms with Gasteiger partial charge in [0.1, 0.15) is 0 Å². The second-order valence-electron chi connectivity index (χ2n) is 5.27. The molecular formula is C18H16F3NO5S. The number of carbonyl (C=O) groups excluding carboxylic acids is 2. The molecular weight excluding hydrogens is 399 g/mol. The number of methoxy groups -OCH3 is 2. The first-order chi connectivity index (χ1) is 13.2. The second kappa shape index (κ2) is 9.36. The Labute approximate surface area is 163 Å². The van der Waals surface area contributed by atoms with Gasteiger partial charge in [0.15, 0.2) is 18.1 Å². The Hall–Kier alpha value is -2.88. The first-order valence-corrected chi connectivity index (χ1v) is 8.58. The highest BCUT2D eigenvalue weighted by Crippen LogP contribution is 2.36. The lowest BCUT2D eigenvalue weighted by Gasteiger charge is -2.11. The summed E-state index contributed by atoms with van der Waals surface area (Å²) in [6, 6.07) is 9.41. The van der Waals surface area contributed by atoms with Gasteiger partial charge in [0.25, 0.3) is 5.91 Å². The molecule has 1 N–H and O–H groups in total. The van der Waals surface area contributed by atoms with Gasteiger partial charge in [-0.2, -0.15) is 13.2 Å². The van der Waals surface area contributed by atoms with Crippen molar-refractivity contribution in [2.45, 2.75) is 10.4 Å². The van der Waals surface area contributed by atoms with E-state index in [9.17, 15) is 22.8 Å². The molecule has 1 amide bonds. The zero-order valence-electron chi connectivity index (χ0n) is 14.8. The normalized spacial score (nSPS) is 10.9. The van der Waals surface area contributed by atoms with E-state index in [0.717, 1.165) is 12.1 Å². The average Bonchev–Trinajstić information content (AvgIpc) is 2.65. The molecule has 0 spiro atoms. The van der Waals surface area contributed by atoms with Crippen LogP contribution in [0.15, 0.2) is 47.4 Å². The zero-order chi connectivity index (χ0) is 20.7. The summed E-state index contributed by atoms with van der Waals surface area (Å²) in [4.78, 5) is 23.8. The Bertz CT molecular complexity index is 840. The molecule has 10 heteroatoms. The van der Waals surface area contributed by atoms with Crippen LogP contribution in [-0.4, -0.2) is 38.2 Å². The van der Waals surface area contributed by atoms with E-state index >= 15 is 0 Å². The Morgan fingerprint density at radius 2 is 1.64 bits per heavy atom. The number of carbonyl (C=O) groups is 2. The lowest BCUT2D eigenvalue weighted by molar-refractivity contribution is -0.119. The van der Waals surface area contributed by atoms with Crippen molar-refractivity contribution >= 4 is 29.3 Å². The molecule has 0 fully saturated rings. The van der Waals surface area contributed by atoms with E-state index in [2.05, 4.69) is 5.32 Å². The first kappa shape index (κ1) is 21.4. The first-order valence-electron chi connectivity index (χ1n) is 7.76. The van der Waals surface area contributed by atoms with E-state index in [1.54, 1.807) is 12.1 Å². The van der Waals surface area contributed by atoms with Crippen LogP contribution in [0.4, 0.5) is 18.9 Å². The Morgan fingerprint density at radius 1 is 1.00 bits per heavy atom. The molecule has 150 valence electrons. The number of hydrogen-bond donors (Lipinski definition) is 1. The summed E-state index contributed by atoms with van der Waals surface area (Å²) in [5.74, 6) is -0.524. The monoisotopic (exact) mass is 415 g/mol. The predicted molar refractivity (Wildman–Crippen MR) is 96.8 cm³/mol. The quantitative estimate of drug-likeness (QED) is 0.542. The van der Waals surface area contributed by atoms with Crippen molar-refractivity contribution in [1.82, 2.24) is 0 Å². The maximum Gasteiger partial charge on any atom is 0.446 e. The van der Waals surface area contributed by atoms with Gasteiger partial charge in [-0.05, 0) is 48.2 Å². The number of benzene rings is 2. The topological polar surface area (TPSA) is 73.9 Å². The van der Waals surface area contributed by atoms with Crippen molar-refractivity contribution in [3.63, 3.8) is 0 Å². The number of ether oxygens (including phenoxy) is 3. The molecule has 0 bridgehead atoms. The predicted octanol–water partition coefficient (Wildman–Crippen LogP) is 4.11. The molecule has 2 aromatic rings. The number of alkyl halides is 3. The smallest absolute Gasteiger partial charge is 0.446 e. The molecule has 2 rings (SSSR count). The van der Waals surface area contributed by atoms with Crippen molar-refractivity contribution in [2.24, 2.45) is 0 Å². The number of thioether (sulfide) groups is 1. The van der Waals surface area contributed by atoms with E-state index in [1.165, 1.54) is 32.4 Å². The molecule has 2 aromatic carbocycles. The molecule has 0 aromatic heterocycles. The van der Waals surface area contributed by atoms with Gasteiger partial charge >= 0.3 is 11.5 Å². The Kier molecular flexibility index (Phi) is 7.16. The molecule has 28 heavy (non-hydrogen) atoms. The van der Waals surface area contributed by atoms with Crippen LogP contribution >= 0.6 is 11.8 Å². The van der Waals surface area contributed by atoms with Crippen molar-refractivity contribution in [1.29, 1.82) is 0 Å². The third-order valence-electron chi connectivity index (χ3n) is 3.33. The minimum Gasteiger partial charge on any atom is -0.493 e. The van der Waals surface area contributed by atoms with Crippen molar-refractivity contribution in [3.05, 3.63) is 48.0 Å². The highest BCUT2D eigenvalue weighted by atomic mass is 32.2. The Balaban J connectivity index is 1.89. The van der Waals surface area contributed by atoms with E-state index in [4.69, 9.17) is 14.2 Å². The summed E-state index contributed by atoms with van der Waals surface area (Å²) in [7, 11) is 2.92. The fourth-order valence-corrected chi connectivity index (χ4v) is 2.66. The van der Waals surface area contributed by atoms with E-state index in [0.29, 0.717) is 17.2 Å². The number of hydrogen-bond acceptors (Lipinski definition) is 6. The van der Waals surface area contributed by atoms with Crippen LogP contribution in [0.5, 0.6) is 11.5 Å². The van der Waals surface area contributed by atoms with Gasteiger partial charge in [-0.1, -0.05) is 0 Å². The lowest BCUT2D eigenvalue weighted by Crippen LogP contribution is -2.21. The second-order valence-corrected chi connectivity index (χ2v) is 6.40. The Morgan fingerprint density at radius 3 is 2.21 bits per heavy atom. The molecule has 0 aliphatic heterocycles. The molecule has 0 atom stereocenters. The van der Waals surface area contributed by atoms with Crippen LogP contribution in [-0.2, 0) is 9.53 Å². The molecule has 0 heterocycles. The number of amides is 1. The molecule has 0 radical (unpaired) electrons. The van der Waals surface area contributed by atoms with Gasteiger partial charge < -0.3 is 19.5 Å². The van der Waals surface area contributed by atoms with Gasteiger partial charge in [-0.3, -0.25) is 4.79 Å². The van der Waals surface area contributed by atoms with Crippen LogP contribution in [0.3, 0.4) is 0 Å². The van der Waals surface area contributed by atoms with Crippen LogP contribution in [0.1, 0.15) is 10.4 Å². The summed E-state index contributed by atoms with van der Waals surface area (Å²) in [6.07, 6.45) is 0. The van der Waals surface area contributed by atoms with Crippen LogP contribution < -0.4 is 14.8 Å². The van der Waals surface area contributed by atoms with Gasteiger partial charge in [0.05, 0.1) is 19.8 Å². The summed E-state index contributed by atoms with van der Waals surface area (Å²) in [6.45, 7) is -0.563. The third kappa shape index (κ3) is 6.38. The highest BCUT2D eigenvalue weighted by Gasteiger charge is 2.29. The molecule has 0 saturated carbocycles. The van der Waals surface area contributed by atoms with E-state index < -0.39 is 24.0 Å². The number of anilines is 1. The molecule has 0 aliphatic rings. The van der Waals surface area contributed by atoms with Crippen molar-refractivity contribution in [3.8, 4) is 11.5 Å². The van der Waals surface area contributed by atoms with Crippen LogP contribution in [0.2, 0.25) is 0 Å². The maximum absolute atomic E-state index is 12.3. The number of rotatable bonds is 7. The van der Waals surface area contributed by atoms with Crippen LogP contribution in [0.25, 0.3) is 0 Å². The van der Waals surface area contributed by atoms with Crippen molar-refractivity contribution < 1.29 is 37.0 Å². The number of nitrogens with one attached hydrogen (secondary N) is 1. The molecule has 0 aliphatic carbocycles. The van der Waals surface area contributed by atoms with Crippen molar-refractivity contribution in [2.75, 3.05) is 26.1 Å². The fraction of sp³-hybridized carbons (Fsp3) is 0.222. The van der Waals surface area contributed by atoms with Gasteiger partial charge in [0, 0.05) is 16.6 Å². The molecule has 0 unspecified atom stereocenters. The summed E-state index contributed by atoms with van der Waals surface area (Å²) in [5, 5.41) is 2.53. The number of esters is 1. The van der Waals surface area contributed by atoms with Gasteiger partial charge in [-0.25, -0.2) is 4.79 Å². The minimum absolute atomic E-state index is 0.0328. The fourth-order valence-electron chi connectivity index (χ4n) is 2.12. The highest BCUT2D eigenvalue weighted by molar-refractivity contribution is 8.00. The maximum atomic E-state index is 12.3. The summed E-state index contributed by atoms with van der Waals surface area (Å²) >= 11 is -0.289. The van der Waals surface area contributed by atoms with Gasteiger partial charge in [-0.15, -0.1) is 0 Å². The lowest BCUT2D eigenvalue weighted by atomic mass is 10.2. The summed E-state index contributed by atoms with van der Waals surface area (Å²) in [5.41, 5.74) is -3.97.